The van der Waals surface area contributed by atoms with Crippen molar-refractivity contribution >= 4 is 9.84 Å². The van der Waals surface area contributed by atoms with Crippen LogP contribution in [0.5, 0.6) is 0 Å². The lowest BCUT2D eigenvalue weighted by Crippen LogP contribution is -2.35. The molecule has 4 nitrogen and oxygen atoms in total. The van der Waals surface area contributed by atoms with Crippen LogP contribution in [0.3, 0.4) is 0 Å². The Morgan fingerprint density at radius 1 is 1.33 bits per heavy atom. The molecule has 0 heterocycles. The van der Waals surface area contributed by atoms with E-state index in [4.69, 9.17) is 0 Å². The second kappa shape index (κ2) is 8.51. The average molecular weight is 312 g/mol. The third kappa shape index (κ3) is 7.60. The monoisotopic (exact) mass is 312 g/mol. The molecule has 0 aliphatic carbocycles. The number of aryl methyl sites for hydroxylation is 1. The molecular weight excluding hydrogens is 284 g/mol. The third-order valence-corrected chi connectivity index (χ3v) is 4.35. The molecule has 1 rings (SSSR count). The van der Waals surface area contributed by atoms with Crippen molar-refractivity contribution in [2.75, 3.05) is 38.7 Å². The number of likely N-dealkylation sites (N-methyl/N-ethyl adjacent to an activating group) is 1. The zero-order chi connectivity index (χ0) is 15.9. The fourth-order valence-electron chi connectivity index (χ4n) is 2.22. The number of nitrogens with zero attached hydrogens (tertiary/aromatic N) is 1. The van der Waals surface area contributed by atoms with E-state index >= 15 is 0 Å². The summed E-state index contributed by atoms with van der Waals surface area (Å²) in [7, 11) is -0.932. The molecule has 120 valence electrons. The fraction of sp³-hybridized carbons (Fsp3) is 0.625. The van der Waals surface area contributed by atoms with Crippen LogP contribution in [0.1, 0.15) is 30.5 Å². The minimum absolute atomic E-state index is 0.206. The van der Waals surface area contributed by atoms with E-state index in [2.05, 4.69) is 48.3 Å². The highest BCUT2D eigenvalue weighted by Crippen LogP contribution is 2.15. The second-order valence-corrected chi connectivity index (χ2v) is 8.07. The van der Waals surface area contributed by atoms with Gasteiger partial charge in [0.25, 0.3) is 0 Å². The summed E-state index contributed by atoms with van der Waals surface area (Å²) in [5, 5.41) is 3.55. The first-order valence-electron chi connectivity index (χ1n) is 7.48. The van der Waals surface area contributed by atoms with Gasteiger partial charge >= 0.3 is 0 Å². The standard InChI is InChI=1S/C16H28N2O2S/c1-5-9-17-16(15-8-6-7-14(2)12-15)13-18(3)10-11-21(4,19)20/h6-8,12,16-17H,5,9-11,13H2,1-4H3. The van der Waals surface area contributed by atoms with Gasteiger partial charge in [-0.2, -0.15) is 0 Å². The minimum Gasteiger partial charge on any atom is -0.309 e. The van der Waals surface area contributed by atoms with Crippen LogP contribution in [0.25, 0.3) is 0 Å². The maximum absolute atomic E-state index is 11.3. The van der Waals surface area contributed by atoms with E-state index in [1.54, 1.807) is 0 Å². The number of hydrogen-bond acceptors (Lipinski definition) is 4. The van der Waals surface area contributed by atoms with Crippen LogP contribution in [-0.2, 0) is 9.84 Å². The molecule has 1 aromatic rings. The van der Waals surface area contributed by atoms with Crippen molar-refractivity contribution in [2.45, 2.75) is 26.3 Å². The van der Waals surface area contributed by atoms with Gasteiger partial charge in [0.15, 0.2) is 0 Å². The topological polar surface area (TPSA) is 49.4 Å². The summed E-state index contributed by atoms with van der Waals surface area (Å²) in [6.45, 7) is 6.56. The van der Waals surface area contributed by atoms with E-state index < -0.39 is 9.84 Å². The predicted molar refractivity (Wildman–Crippen MR) is 89.4 cm³/mol. The van der Waals surface area contributed by atoms with Crippen LogP contribution in [0.15, 0.2) is 24.3 Å². The molecule has 21 heavy (non-hydrogen) atoms. The Hall–Kier alpha value is -0.910. The van der Waals surface area contributed by atoms with Crippen molar-refractivity contribution in [1.82, 2.24) is 10.2 Å². The molecule has 0 fully saturated rings. The van der Waals surface area contributed by atoms with E-state index in [-0.39, 0.29) is 11.8 Å². The van der Waals surface area contributed by atoms with Crippen molar-refractivity contribution in [2.24, 2.45) is 0 Å². The van der Waals surface area contributed by atoms with Crippen LogP contribution in [0.4, 0.5) is 0 Å². The Kier molecular flexibility index (Phi) is 7.35. The van der Waals surface area contributed by atoms with Gasteiger partial charge in [0.1, 0.15) is 9.84 Å². The van der Waals surface area contributed by atoms with Crippen LogP contribution in [0.2, 0.25) is 0 Å². The molecule has 0 bridgehead atoms. The smallest absolute Gasteiger partial charge is 0.148 e. The fourth-order valence-corrected chi connectivity index (χ4v) is 2.86. The Balaban J connectivity index is 2.69. The maximum atomic E-state index is 11.3. The van der Waals surface area contributed by atoms with E-state index in [1.165, 1.54) is 17.4 Å². The zero-order valence-corrected chi connectivity index (χ0v) is 14.4. The molecule has 0 aliphatic heterocycles. The first-order valence-corrected chi connectivity index (χ1v) is 9.54. The van der Waals surface area contributed by atoms with Crippen molar-refractivity contribution < 1.29 is 8.42 Å². The molecule has 1 aromatic carbocycles. The third-order valence-electron chi connectivity index (χ3n) is 3.42. The molecule has 0 saturated carbocycles. The van der Waals surface area contributed by atoms with E-state index in [1.807, 2.05) is 7.05 Å². The minimum atomic E-state index is -2.91. The number of rotatable bonds is 9. The average Bonchev–Trinajstić information content (AvgIpc) is 2.40. The quantitative estimate of drug-likeness (QED) is 0.758. The normalized spacial score (nSPS) is 13.6. The van der Waals surface area contributed by atoms with Gasteiger partial charge < -0.3 is 10.2 Å². The summed E-state index contributed by atoms with van der Waals surface area (Å²) in [5.41, 5.74) is 2.50. The molecule has 0 spiro atoms. The summed E-state index contributed by atoms with van der Waals surface area (Å²) in [6.07, 6.45) is 2.36. The van der Waals surface area contributed by atoms with Gasteiger partial charge in [-0.05, 0) is 32.5 Å². The first kappa shape index (κ1) is 18.1. The van der Waals surface area contributed by atoms with E-state index in [0.717, 1.165) is 19.5 Å². The van der Waals surface area contributed by atoms with Crippen LogP contribution < -0.4 is 5.32 Å². The summed E-state index contributed by atoms with van der Waals surface area (Å²) < 4.78 is 22.5. The molecule has 0 aromatic heterocycles. The highest BCUT2D eigenvalue weighted by atomic mass is 32.2. The van der Waals surface area contributed by atoms with Crippen molar-refractivity contribution in [3.05, 3.63) is 35.4 Å². The van der Waals surface area contributed by atoms with Crippen molar-refractivity contribution in [3.63, 3.8) is 0 Å². The predicted octanol–water partition coefficient (Wildman–Crippen LogP) is 2.01. The van der Waals surface area contributed by atoms with Gasteiger partial charge in [-0.3, -0.25) is 0 Å². The number of hydrogen-bond donors (Lipinski definition) is 1. The van der Waals surface area contributed by atoms with Gasteiger partial charge in [-0.1, -0.05) is 36.8 Å². The second-order valence-electron chi connectivity index (χ2n) is 5.81. The molecule has 0 amide bonds. The van der Waals surface area contributed by atoms with Crippen molar-refractivity contribution in [1.29, 1.82) is 0 Å². The first-order chi connectivity index (χ1) is 9.81. The van der Waals surface area contributed by atoms with Crippen LogP contribution in [0, 0.1) is 6.92 Å². The molecule has 5 heteroatoms. The molecule has 0 radical (unpaired) electrons. The SMILES string of the molecule is CCCNC(CN(C)CCS(C)(=O)=O)c1cccc(C)c1. The lowest BCUT2D eigenvalue weighted by Gasteiger charge is -2.25. The Morgan fingerprint density at radius 3 is 2.62 bits per heavy atom. The Labute approximate surface area is 129 Å². The molecule has 1 N–H and O–H groups in total. The van der Waals surface area contributed by atoms with E-state index in [0.29, 0.717) is 6.54 Å². The molecule has 0 saturated heterocycles. The van der Waals surface area contributed by atoms with E-state index in [9.17, 15) is 8.42 Å². The Bertz CT molecular complexity index is 529. The number of nitrogens with one attached hydrogen (secondary N) is 1. The summed E-state index contributed by atoms with van der Waals surface area (Å²) >= 11 is 0. The molecule has 0 aliphatic rings. The molecular formula is C16H28N2O2S. The largest absolute Gasteiger partial charge is 0.309 e. The Morgan fingerprint density at radius 2 is 2.05 bits per heavy atom. The zero-order valence-electron chi connectivity index (χ0n) is 13.6. The summed E-state index contributed by atoms with van der Waals surface area (Å²) in [5.74, 6) is 0.206. The number of sulfone groups is 1. The van der Waals surface area contributed by atoms with Gasteiger partial charge in [-0.25, -0.2) is 8.42 Å². The number of benzene rings is 1. The van der Waals surface area contributed by atoms with Gasteiger partial charge in [-0.15, -0.1) is 0 Å². The van der Waals surface area contributed by atoms with Crippen molar-refractivity contribution in [3.8, 4) is 0 Å². The van der Waals surface area contributed by atoms with Gasteiger partial charge in [0, 0.05) is 25.4 Å². The lowest BCUT2D eigenvalue weighted by atomic mass is 10.0. The van der Waals surface area contributed by atoms with Gasteiger partial charge in [0.05, 0.1) is 5.75 Å². The highest BCUT2D eigenvalue weighted by Gasteiger charge is 2.14. The van der Waals surface area contributed by atoms with Gasteiger partial charge in [0.2, 0.25) is 0 Å². The molecule has 1 unspecified atom stereocenters. The van der Waals surface area contributed by atoms with Crippen LogP contribution >= 0.6 is 0 Å². The summed E-state index contributed by atoms with van der Waals surface area (Å²) in [6, 6.07) is 8.72. The lowest BCUT2D eigenvalue weighted by molar-refractivity contribution is 0.304. The maximum Gasteiger partial charge on any atom is 0.148 e. The molecule has 1 atom stereocenters. The van der Waals surface area contributed by atoms with Crippen LogP contribution in [-0.4, -0.2) is 52.0 Å². The highest BCUT2D eigenvalue weighted by molar-refractivity contribution is 7.90. The summed E-state index contributed by atoms with van der Waals surface area (Å²) in [4.78, 5) is 2.08.